The first kappa shape index (κ1) is 22.8. The van der Waals surface area contributed by atoms with Gasteiger partial charge in [0.25, 0.3) is 11.8 Å². The zero-order chi connectivity index (χ0) is 23.4. The molecule has 1 fully saturated rings. The van der Waals surface area contributed by atoms with Crippen molar-refractivity contribution in [2.75, 3.05) is 31.6 Å². The van der Waals surface area contributed by atoms with Gasteiger partial charge in [-0.3, -0.25) is 14.3 Å². The lowest BCUT2D eigenvalue weighted by Crippen LogP contribution is -2.41. The number of aromatic nitrogens is 2. The van der Waals surface area contributed by atoms with E-state index in [1.807, 2.05) is 6.92 Å². The van der Waals surface area contributed by atoms with E-state index in [0.717, 1.165) is 6.07 Å². The van der Waals surface area contributed by atoms with Crippen LogP contribution in [0.2, 0.25) is 5.02 Å². The Bertz CT molecular complexity index is 1160. The van der Waals surface area contributed by atoms with E-state index in [-0.39, 0.29) is 23.3 Å². The van der Waals surface area contributed by atoms with Crippen molar-refractivity contribution in [2.45, 2.75) is 20.1 Å². The fourth-order valence-corrected chi connectivity index (χ4v) is 3.58. The van der Waals surface area contributed by atoms with Crippen molar-refractivity contribution in [1.82, 2.24) is 14.7 Å². The van der Waals surface area contributed by atoms with E-state index in [9.17, 15) is 14.0 Å². The maximum absolute atomic E-state index is 13.2. The molecule has 174 valence electrons. The monoisotopic (exact) mass is 476 g/mol. The van der Waals surface area contributed by atoms with Gasteiger partial charge in [-0.25, -0.2) is 4.39 Å². The lowest BCUT2D eigenvalue weighted by molar-refractivity contribution is 0.0295. The Hall–Kier alpha value is -3.37. The minimum atomic E-state index is -0.534. The van der Waals surface area contributed by atoms with Crippen molar-refractivity contribution in [3.8, 4) is 5.75 Å². The number of nitrogens with zero attached hydrogens (tertiary/aromatic N) is 3. The zero-order valence-corrected chi connectivity index (χ0v) is 18.6. The first-order valence-corrected chi connectivity index (χ1v) is 10.7. The van der Waals surface area contributed by atoms with Crippen LogP contribution in [0.3, 0.4) is 0 Å². The minimum absolute atomic E-state index is 0.00678. The van der Waals surface area contributed by atoms with Crippen LogP contribution in [0.5, 0.6) is 5.75 Å². The van der Waals surface area contributed by atoms with E-state index in [0.29, 0.717) is 55.7 Å². The van der Waals surface area contributed by atoms with E-state index in [1.165, 1.54) is 24.4 Å². The molecule has 4 rings (SSSR count). The summed E-state index contributed by atoms with van der Waals surface area (Å²) in [7, 11) is 0. The minimum Gasteiger partial charge on any atom is -0.484 e. The second kappa shape index (κ2) is 10.1. The fraction of sp³-hybridized carbons (Fsp3) is 0.318. The number of hydrogen-bond donors (Lipinski definition) is 1. The third kappa shape index (κ3) is 5.18. The van der Waals surface area contributed by atoms with Crippen LogP contribution in [-0.2, 0) is 17.9 Å². The second-order valence-electron chi connectivity index (χ2n) is 7.21. The molecule has 3 heterocycles. The van der Waals surface area contributed by atoms with Crippen molar-refractivity contribution in [3.63, 3.8) is 0 Å². The van der Waals surface area contributed by atoms with E-state index in [1.54, 1.807) is 15.6 Å². The van der Waals surface area contributed by atoms with Crippen LogP contribution < -0.4 is 10.1 Å². The largest absolute Gasteiger partial charge is 0.484 e. The van der Waals surface area contributed by atoms with Crippen LogP contribution in [0.25, 0.3) is 0 Å². The summed E-state index contributed by atoms with van der Waals surface area (Å²) in [6, 6.07) is 6.86. The lowest BCUT2D eigenvalue weighted by atomic mass is 10.2. The van der Waals surface area contributed by atoms with Crippen LogP contribution in [0.4, 0.5) is 10.1 Å². The molecule has 3 aromatic rings. The molecule has 1 N–H and O–H groups in total. The average molecular weight is 477 g/mol. The Balaban J connectivity index is 1.44. The summed E-state index contributed by atoms with van der Waals surface area (Å²) in [4.78, 5) is 27.5. The lowest BCUT2D eigenvalue weighted by Gasteiger charge is -2.27. The number of halogens is 2. The number of furan rings is 1. The summed E-state index contributed by atoms with van der Waals surface area (Å²) in [5.41, 5.74) is 0.597. The van der Waals surface area contributed by atoms with Crippen LogP contribution in [0.1, 0.15) is 33.7 Å². The molecule has 11 heteroatoms. The number of rotatable bonds is 7. The number of anilines is 1. The van der Waals surface area contributed by atoms with Gasteiger partial charge < -0.3 is 24.1 Å². The first-order chi connectivity index (χ1) is 16.0. The smallest absolute Gasteiger partial charge is 0.291 e. The molecule has 0 unspecified atom stereocenters. The molecule has 0 bridgehead atoms. The Labute approximate surface area is 194 Å². The van der Waals surface area contributed by atoms with Gasteiger partial charge in [0.2, 0.25) is 0 Å². The van der Waals surface area contributed by atoms with Crippen molar-refractivity contribution in [2.24, 2.45) is 0 Å². The number of amides is 2. The fourth-order valence-electron chi connectivity index (χ4n) is 3.36. The number of ether oxygens (including phenoxy) is 2. The number of carbonyl (C=O) groups is 2. The zero-order valence-electron chi connectivity index (χ0n) is 17.8. The predicted molar refractivity (Wildman–Crippen MR) is 117 cm³/mol. The summed E-state index contributed by atoms with van der Waals surface area (Å²) in [5.74, 6) is -0.534. The van der Waals surface area contributed by atoms with Gasteiger partial charge in [0.1, 0.15) is 29.6 Å². The Morgan fingerprint density at radius 2 is 2.03 bits per heavy atom. The Morgan fingerprint density at radius 3 is 2.76 bits per heavy atom. The maximum Gasteiger partial charge on any atom is 0.291 e. The molecule has 1 aliphatic heterocycles. The number of morpholine rings is 1. The Kier molecular flexibility index (Phi) is 6.95. The van der Waals surface area contributed by atoms with E-state index in [2.05, 4.69) is 10.4 Å². The molecule has 0 aliphatic carbocycles. The molecule has 0 saturated carbocycles. The van der Waals surface area contributed by atoms with Gasteiger partial charge in [0, 0.05) is 19.6 Å². The second-order valence-corrected chi connectivity index (χ2v) is 7.62. The molecule has 2 aromatic heterocycles. The van der Waals surface area contributed by atoms with Crippen molar-refractivity contribution in [3.05, 3.63) is 64.6 Å². The normalized spacial score (nSPS) is 13.7. The molecule has 0 spiro atoms. The quantitative estimate of drug-likeness (QED) is 0.559. The van der Waals surface area contributed by atoms with Crippen LogP contribution in [-0.4, -0.2) is 52.8 Å². The van der Waals surface area contributed by atoms with Crippen LogP contribution in [0, 0.1) is 5.82 Å². The molecule has 9 nitrogen and oxygen atoms in total. The molecule has 1 aromatic carbocycles. The summed E-state index contributed by atoms with van der Waals surface area (Å²) in [5, 5.41) is 7.05. The van der Waals surface area contributed by atoms with Crippen LogP contribution >= 0.6 is 11.6 Å². The summed E-state index contributed by atoms with van der Waals surface area (Å²) in [6.07, 6.45) is 1.44. The number of nitrogens with one attached hydrogen (secondary N) is 1. The molecular formula is C22H22ClFN4O5. The molecule has 2 amide bonds. The topological polar surface area (TPSA) is 98.8 Å². The van der Waals surface area contributed by atoms with Gasteiger partial charge in [-0.1, -0.05) is 11.6 Å². The van der Waals surface area contributed by atoms with Crippen molar-refractivity contribution < 1.29 is 27.9 Å². The number of carbonyl (C=O) groups excluding carboxylic acids is 2. The van der Waals surface area contributed by atoms with Gasteiger partial charge in [-0.05, 0) is 37.3 Å². The number of aryl methyl sites for hydroxylation is 1. The van der Waals surface area contributed by atoms with Gasteiger partial charge >= 0.3 is 0 Å². The highest BCUT2D eigenvalue weighted by Crippen LogP contribution is 2.26. The van der Waals surface area contributed by atoms with Gasteiger partial charge in [-0.2, -0.15) is 5.10 Å². The average Bonchev–Trinajstić information content (AvgIpc) is 3.45. The number of benzene rings is 1. The number of hydrogen-bond acceptors (Lipinski definition) is 6. The Morgan fingerprint density at radius 1 is 1.24 bits per heavy atom. The highest BCUT2D eigenvalue weighted by atomic mass is 35.5. The molecule has 0 radical (unpaired) electrons. The van der Waals surface area contributed by atoms with Gasteiger partial charge in [0.05, 0.1) is 30.1 Å². The van der Waals surface area contributed by atoms with Crippen molar-refractivity contribution in [1.29, 1.82) is 0 Å². The van der Waals surface area contributed by atoms with Crippen LogP contribution in [0.15, 0.2) is 40.9 Å². The molecule has 0 atom stereocenters. The third-order valence-corrected chi connectivity index (χ3v) is 5.33. The van der Waals surface area contributed by atoms with E-state index in [4.69, 9.17) is 25.5 Å². The molecule has 33 heavy (non-hydrogen) atoms. The predicted octanol–water partition coefficient (Wildman–Crippen LogP) is 3.59. The molecule has 1 saturated heterocycles. The van der Waals surface area contributed by atoms with Crippen molar-refractivity contribution >= 4 is 29.1 Å². The first-order valence-electron chi connectivity index (χ1n) is 10.4. The summed E-state index contributed by atoms with van der Waals surface area (Å²) < 4.78 is 31.1. The molecule has 1 aliphatic rings. The standard InChI is InChI=1S/C22H22ClFN4O5/c1-2-28-20(22(30)27-7-9-31-10-8-27)17(12-25-28)26-21(29)19-6-4-15(33-19)13-32-18-5-3-14(24)11-16(18)23/h3-6,11-12H,2,7-10,13H2,1H3,(H,26,29). The summed E-state index contributed by atoms with van der Waals surface area (Å²) >= 11 is 5.95. The van der Waals surface area contributed by atoms with E-state index < -0.39 is 11.7 Å². The maximum atomic E-state index is 13.2. The highest BCUT2D eigenvalue weighted by molar-refractivity contribution is 6.32. The SMILES string of the molecule is CCn1ncc(NC(=O)c2ccc(COc3ccc(F)cc3Cl)o2)c1C(=O)N1CCOCC1. The molecular weight excluding hydrogens is 455 g/mol. The van der Waals surface area contributed by atoms with Gasteiger partial charge in [0.15, 0.2) is 5.76 Å². The van der Waals surface area contributed by atoms with Gasteiger partial charge in [-0.15, -0.1) is 0 Å². The third-order valence-electron chi connectivity index (χ3n) is 5.04. The summed E-state index contributed by atoms with van der Waals surface area (Å²) in [6.45, 7) is 4.20. The highest BCUT2D eigenvalue weighted by Gasteiger charge is 2.26. The van der Waals surface area contributed by atoms with E-state index >= 15 is 0 Å².